The Morgan fingerprint density at radius 3 is 2.14 bits per heavy atom. The first kappa shape index (κ1) is 30.8. The van der Waals surface area contributed by atoms with Crippen molar-refractivity contribution < 1.29 is 22.5 Å². The zero-order valence-electron chi connectivity index (χ0n) is 24.9. The van der Waals surface area contributed by atoms with E-state index in [0.29, 0.717) is 17.7 Å². The van der Waals surface area contributed by atoms with Gasteiger partial charge in [0.1, 0.15) is 16.4 Å². The van der Waals surface area contributed by atoms with E-state index in [9.17, 15) is 18.3 Å². The second-order valence-corrected chi connectivity index (χ2v) is 14.0. The smallest absolute Gasteiger partial charge is 0.339 e. The first-order valence-corrected chi connectivity index (χ1v) is 15.3. The first-order chi connectivity index (χ1) is 19.6. The van der Waals surface area contributed by atoms with Crippen LogP contribution in [0.2, 0.25) is 0 Å². The number of amides is 1. The van der Waals surface area contributed by atoms with Crippen LogP contribution in [0.1, 0.15) is 70.2 Å². The average molecular weight is 587 g/mol. The molecule has 0 aromatic heterocycles. The molecule has 4 aromatic rings. The topological polar surface area (TPSA) is 105 Å². The molecule has 0 unspecified atom stereocenters. The van der Waals surface area contributed by atoms with Crippen LogP contribution in [-0.2, 0) is 32.2 Å². The van der Waals surface area contributed by atoms with Gasteiger partial charge in [0.05, 0.1) is 6.21 Å². The molecular formula is C34H38N2O5S. The van der Waals surface area contributed by atoms with Crippen molar-refractivity contribution in [3.05, 3.63) is 101 Å². The number of phenols is 1. The Balaban J connectivity index is 1.39. The number of benzene rings is 4. The largest absolute Gasteiger partial charge is 0.507 e. The number of hydrogen-bond acceptors (Lipinski definition) is 6. The number of carbonyl (C=O) groups excluding carboxylic acids is 1. The molecule has 4 aromatic carbocycles. The highest BCUT2D eigenvalue weighted by Gasteiger charge is 2.26. The maximum Gasteiger partial charge on any atom is 0.339 e. The molecule has 0 fully saturated rings. The Kier molecular flexibility index (Phi) is 8.78. The Bertz CT molecular complexity index is 1710. The maximum absolute atomic E-state index is 12.9. The number of fused-ring (bicyclic) bond motifs is 1. The fourth-order valence-corrected chi connectivity index (χ4v) is 5.58. The number of hydrogen-bond donors (Lipinski definition) is 2. The summed E-state index contributed by atoms with van der Waals surface area (Å²) in [4.78, 5) is 12.6. The van der Waals surface area contributed by atoms with Gasteiger partial charge in [-0.2, -0.15) is 13.5 Å². The highest BCUT2D eigenvalue weighted by Crippen LogP contribution is 2.40. The van der Waals surface area contributed by atoms with E-state index in [1.54, 1.807) is 30.3 Å². The number of hydrazone groups is 1. The lowest BCUT2D eigenvalue weighted by Crippen LogP contribution is -2.20. The highest BCUT2D eigenvalue weighted by atomic mass is 32.2. The van der Waals surface area contributed by atoms with Gasteiger partial charge in [0, 0.05) is 6.42 Å². The van der Waals surface area contributed by atoms with Crippen molar-refractivity contribution in [2.75, 3.05) is 0 Å². The summed E-state index contributed by atoms with van der Waals surface area (Å²) in [5.41, 5.74) is 5.28. The summed E-state index contributed by atoms with van der Waals surface area (Å²) in [7, 11) is -4.05. The Hall–Kier alpha value is -4.17. The predicted octanol–water partition coefficient (Wildman–Crippen LogP) is 6.99. The first-order valence-electron chi connectivity index (χ1n) is 13.9. The van der Waals surface area contributed by atoms with Gasteiger partial charge in [-0.15, -0.1) is 0 Å². The van der Waals surface area contributed by atoms with Crippen LogP contribution in [0.5, 0.6) is 11.5 Å². The summed E-state index contributed by atoms with van der Waals surface area (Å²) >= 11 is 0. The number of carbonyl (C=O) groups is 1. The minimum atomic E-state index is -4.05. The quantitative estimate of drug-likeness (QED) is 0.132. The van der Waals surface area contributed by atoms with E-state index < -0.39 is 10.1 Å². The predicted molar refractivity (Wildman–Crippen MR) is 168 cm³/mol. The van der Waals surface area contributed by atoms with Crippen molar-refractivity contribution in [2.45, 2.75) is 70.1 Å². The van der Waals surface area contributed by atoms with Crippen LogP contribution in [0.25, 0.3) is 10.8 Å². The van der Waals surface area contributed by atoms with Crippen molar-refractivity contribution in [3.8, 4) is 11.5 Å². The molecule has 7 nitrogen and oxygen atoms in total. The van der Waals surface area contributed by atoms with Crippen LogP contribution >= 0.6 is 0 Å². The van der Waals surface area contributed by atoms with Gasteiger partial charge in [-0.1, -0.05) is 96.1 Å². The standard InChI is InChI=1S/C34H38N2O5S/c1-33(2,3)29-19-23(20-30(32(29)38)34(4,5)6)14-17-31(37)36-35-22-24-10-9-13-27(18-24)41-42(39,40)28-16-15-25-11-7-8-12-26(25)21-28/h7-13,15-16,18-22,38H,14,17H2,1-6H3,(H,36,37)/b35-22-. The van der Waals surface area contributed by atoms with Gasteiger partial charge in [0.25, 0.3) is 0 Å². The van der Waals surface area contributed by atoms with Crippen molar-refractivity contribution >= 4 is 33.0 Å². The molecule has 1 amide bonds. The number of aryl methyl sites for hydroxylation is 1. The van der Waals surface area contributed by atoms with E-state index in [2.05, 4.69) is 52.1 Å². The molecule has 0 aliphatic heterocycles. The monoisotopic (exact) mass is 586 g/mol. The molecule has 0 radical (unpaired) electrons. The van der Waals surface area contributed by atoms with E-state index in [1.165, 1.54) is 18.3 Å². The summed E-state index contributed by atoms with van der Waals surface area (Å²) in [5, 5.41) is 16.7. The molecule has 8 heteroatoms. The van der Waals surface area contributed by atoms with Crippen molar-refractivity contribution in [1.29, 1.82) is 0 Å². The summed E-state index contributed by atoms with van der Waals surface area (Å²) in [5.74, 6) is 0.180. The second kappa shape index (κ2) is 12.0. The SMILES string of the molecule is CC(C)(C)c1cc(CCC(=O)N/N=C\c2cccc(OS(=O)(=O)c3ccc4ccccc4c3)c2)cc(C(C)(C)C)c1O. The molecule has 0 spiro atoms. The Morgan fingerprint density at radius 1 is 0.857 bits per heavy atom. The molecule has 220 valence electrons. The van der Waals surface area contributed by atoms with E-state index in [4.69, 9.17) is 4.18 Å². The van der Waals surface area contributed by atoms with Crippen molar-refractivity contribution in [1.82, 2.24) is 5.43 Å². The molecule has 0 heterocycles. The van der Waals surface area contributed by atoms with Gasteiger partial charge in [0.2, 0.25) is 5.91 Å². The molecule has 42 heavy (non-hydrogen) atoms. The van der Waals surface area contributed by atoms with E-state index in [-0.39, 0.29) is 33.8 Å². The Labute approximate surface area is 248 Å². The molecule has 0 bridgehead atoms. The van der Waals surface area contributed by atoms with Crippen LogP contribution in [0.15, 0.2) is 88.9 Å². The van der Waals surface area contributed by atoms with E-state index in [0.717, 1.165) is 27.5 Å². The van der Waals surface area contributed by atoms with Crippen LogP contribution in [-0.4, -0.2) is 25.6 Å². The fourth-order valence-electron chi connectivity index (χ4n) is 4.62. The molecule has 4 rings (SSSR count). The molecule has 0 saturated carbocycles. The van der Waals surface area contributed by atoms with Crippen molar-refractivity contribution in [3.63, 3.8) is 0 Å². The van der Waals surface area contributed by atoms with Crippen LogP contribution < -0.4 is 9.61 Å². The third-order valence-corrected chi connectivity index (χ3v) is 8.15. The van der Waals surface area contributed by atoms with Crippen molar-refractivity contribution in [2.24, 2.45) is 5.10 Å². The van der Waals surface area contributed by atoms with Gasteiger partial charge in [-0.3, -0.25) is 4.79 Å². The normalized spacial score (nSPS) is 12.5. The summed E-state index contributed by atoms with van der Waals surface area (Å²) in [6.07, 6.45) is 2.13. The lowest BCUT2D eigenvalue weighted by Gasteiger charge is -2.28. The summed E-state index contributed by atoms with van der Waals surface area (Å²) in [6.45, 7) is 12.3. The van der Waals surface area contributed by atoms with E-state index in [1.807, 2.05) is 36.4 Å². The van der Waals surface area contributed by atoms with Gasteiger partial charge < -0.3 is 9.29 Å². The van der Waals surface area contributed by atoms with Gasteiger partial charge in [-0.25, -0.2) is 5.43 Å². The fraction of sp³-hybridized carbons (Fsp3) is 0.294. The van der Waals surface area contributed by atoms with Crippen LogP contribution in [0, 0.1) is 0 Å². The maximum atomic E-state index is 12.9. The zero-order chi connectivity index (χ0) is 30.7. The minimum absolute atomic E-state index is 0.0606. The number of rotatable bonds is 8. The molecule has 0 aliphatic rings. The van der Waals surface area contributed by atoms with Gasteiger partial charge >= 0.3 is 10.1 Å². The minimum Gasteiger partial charge on any atom is -0.507 e. The summed E-state index contributed by atoms with van der Waals surface area (Å²) < 4.78 is 31.2. The highest BCUT2D eigenvalue weighted by molar-refractivity contribution is 7.87. The van der Waals surface area contributed by atoms with E-state index >= 15 is 0 Å². The second-order valence-electron chi connectivity index (χ2n) is 12.5. The van der Waals surface area contributed by atoms with Gasteiger partial charge in [0.15, 0.2) is 0 Å². The molecule has 2 N–H and O–H groups in total. The molecule has 0 aliphatic carbocycles. The average Bonchev–Trinajstić information content (AvgIpc) is 2.91. The number of aromatic hydroxyl groups is 1. The van der Waals surface area contributed by atoms with Crippen LogP contribution in [0.3, 0.4) is 0 Å². The molecule has 0 saturated heterocycles. The summed E-state index contributed by atoms with van der Waals surface area (Å²) in [6, 6.07) is 22.7. The number of nitrogens with zero attached hydrogens (tertiary/aromatic N) is 1. The van der Waals surface area contributed by atoms with Gasteiger partial charge in [-0.05, 0) is 74.5 Å². The number of nitrogens with one attached hydrogen (secondary N) is 1. The lowest BCUT2D eigenvalue weighted by atomic mass is 9.78. The lowest BCUT2D eigenvalue weighted by molar-refractivity contribution is -0.121. The zero-order valence-corrected chi connectivity index (χ0v) is 25.7. The molecule has 0 atom stereocenters. The van der Waals surface area contributed by atoms with Crippen LogP contribution in [0.4, 0.5) is 0 Å². The Morgan fingerprint density at radius 2 is 1.50 bits per heavy atom. The number of phenolic OH excluding ortho intramolecular Hbond substituents is 1. The third-order valence-electron chi connectivity index (χ3n) is 6.90. The third kappa shape index (κ3) is 7.56. The molecular weight excluding hydrogens is 548 g/mol.